The Kier molecular flexibility index (Phi) is 11.9. The van der Waals surface area contributed by atoms with Crippen LogP contribution in [0.4, 0.5) is 18.0 Å². The predicted molar refractivity (Wildman–Crippen MR) is 134 cm³/mol. The van der Waals surface area contributed by atoms with Gasteiger partial charge in [-0.25, -0.2) is 4.79 Å². The van der Waals surface area contributed by atoms with Crippen molar-refractivity contribution < 1.29 is 41.9 Å². The molecule has 1 rings (SSSR count). The van der Waals surface area contributed by atoms with Gasteiger partial charge in [0, 0.05) is 19.5 Å². The highest BCUT2D eigenvalue weighted by molar-refractivity contribution is 6.38. The molecule has 0 aliphatic carbocycles. The van der Waals surface area contributed by atoms with Gasteiger partial charge < -0.3 is 31.9 Å². The van der Waals surface area contributed by atoms with Crippen molar-refractivity contribution in [1.29, 1.82) is 0 Å². The Morgan fingerprint density at radius 1 is 1.08 bits per heavy atom. The Morgan fingerprint density at radius 2 is 1.69 bits per heavy atom. The van der Waals surface area contributed by atoms with Crippen LogP contribution in [0.15, 0.2) is 12.7 Å². The van der Waals surface area contributed by atoms with Crippen molar-refractivity contribution in [3.8, 4) is 0 Å². The number of Topliss-reactive ketones (excluding diaryl/α,β-unsaturated/α-hetero) is 1. The number of halogens is 3. The van der Waals surface area contributed by atoms with Gasteiger partial charge in [0.1, 0.15) is 12.1 Å². The minimum Gasteiger partial charge on any atom is -0.368 e. The average Bonchev–Trinajstić information content (AvgIpc) is 3.21. The molecule has 39 heavy (non-hydrogen) atoms. The van der Waals surface area contributed by atoms with Crippen LogP contribution >= 0.6 is 0 Å². The lowest BCUT2D eigenvalue weighted by atomic mass is 9.85. The van der Waals surface area contributed by atoms with Gasteiger partial charge >= 0.3 is 12.2 Å². The topological polar surface area (TPSA) is 180 Å². The fourth-order valence-corrected chi connectivity index (χ4v) is 4.00. The minimum atomic E-state index is -4.65. The first kappa shape index (κ1) is 33.4. The van der Waals surface area contributed by atoms with Crippen molar-refractivity contribution in [2.24, 2.45) is 17.1 Å². The number of alkyl halides is 3. The molecule has 15 heteroatoms. The summed E-state index contributed by atoms with van der Waals surface area (Å²) >= 11 is 0. The van der Waals surface area contributed by atoms with Crippen LogP contribution in [0.2, 0.25) is 0 Å². The normalized spacial score (nSPS) is 18.9. The lowest BCUT2D eigenvalue weighted by Crippen LogP contribution is -2.61. The second kappa shape index (κ2) is 13.9. The Labute approximate surface area is 224 Å². The molecule has 1 saturated heterocycles. The monoisotopic (exact) mass is 562 g/mol. The molecule has 1 aliphatic heterocycles. The van der Waals surface area contributed by atoms with Gasteiger partial charge in [-0.15, -0.1) is 6.58 Å². The van der Waals surface area contributed by atoms with E-state index in [-0.39, 0.29) is 13.1 Å². The van der Waals surface area contributed by atoms with E-state index >= 15 is 0 Å². The number of nitrogens with zero attached hydrogens (tertiary/aromatic N) is 1. The van der Waals surface area contributed by atoms with E-state index < -0.39 is 90.5 Å². The van der Waals surface area contributed by atoms with Crippen LogP contribution in [0, 0.1) is 11.3 Å². The maximum atomic E-state index is 13.6. The number of primary amides is 1. The van der Waals surface area contributed by atoms with Crippen molar-refractivity contribution >= 4 is 35.4 Å². The molecule has 1 heterocycles. The molecule has 6 amide bonds. The molecule has 12 nitrogen and oxygen atoms in total. The molecule has 3 unspecified atom stereocenters. The molecule has 4 atom stereocenters. The SMILES string of the molecule is C=CCNC(=O)C(=O)C(CCC(F)(F)F)NC(=O)[C@@H]1C(C)CCN1C(=O)C(NC(=O)NCC(N)=O)C(C)(C)C. The van der Waals surface area contributed by atoms with Gasteiger partial charge in [0.05, 0.1) is 12.6 Å². The van der Waals surface area contributed by atoms with Crippen molar-refractivity contribution in [2.75, 3.05) is 19.6 Å². The van der Waals surface area contributed by atoms with E-state index in [1.165, 1.54) is 11.0 Å². The number of urea groups is 1. The Balaban J connectivity index is 3.18. The second-order valence-electron chi connectivity index (χ2n) is 10.4. The molecule has 6 N–H and O–H groups in total. The Hall–Kier alpha value is -3.65. The smallest absolute Gasteiger partial charge is 0.368 e. The molecular formula is C24H37F3N6O6. The summed E-state index contributed by atoms with van der Waals surface area (Å²) in [6.07, 6.45) is -5.33. The van der Waals surface area contributed by atoms with Gasteiger partial charge in [0.25, 0.3) is 5.91 Å². The van der Waals surface area contributed by atoms with E-state index in [0.29, 0.717) is 6.42 Å². The summed E-state index contributed by atoms with van der Waals surface area (Å²) in [5.41, 5.74) is 4.16. The molecule has 0 saturated carbocycles. The number of hydrogen-bond acceptors (Lipinski definition) is 6. The first-order valence-corrected chi connectivity index (χ1v) is 12.3. The number of nitrogens with two attached hydrogens (primary N) is 1. The average molecular weight is 563 g/mol. The van der Waals surface area contributed by atoms with Crippen LogP contribution < -0.4 is 27.0 Å². The van der Waals surface area contributed by atoms with Gasteiger partial charge in [0.15, 0.2) is 0 Å². The summed E-state index contributed by atoms with van der Waals surface area (Å²) in [7, 11) is 0. The van der Waals surface area contributed by atoms with Gasteiger partial charge in [0.2, 0.25) is 23.5 Å². The van der Waals surface area contributed by atoms with E-state index in [2.05, 4.69) is 27.8 Å². The summed E-state index contributed by atoms with van der Waals surface area (Å²) in [5.74, 6) is -5.26. The second-order valence-corrected chi connectivity index (χ2v) is 10.4. The quantitative estimate of drug-likeness (QED) is 0.166. The number of ketones is 1. The zero-order valence-electron chi connectivity index (χ0n) is 22.4. The summed E-state index contributed by atoms with van der Waals surface area (Å²) in [4.78, 5) is 76.0. The van der Waals surface area contributed by atoms with Crippen molar-refractivity contribution in [1.82, 2.24) is 26.2 Å². The maximum Gasteiger partial charge on any atom is 0.389 e. The van der Waals surface area contributed by atoms with Crippen LogP contribution in [-0.2, 0) is 24.0 Å². The standard InChI is InChI=1S/C24H37F3N6O6/c1-6-10-29-20(37)17(35)14(7-9-24(25,26)27)31-19(36)16-13(2)8-11-33(16)21(38)18(23(3,4)5)32-22(39)30-12-15(28)34/h6,13-14,16,18H,1,7-12H2,2-5H3,(H2,28,34)(H,29,37)(H,31,36)(H2,30,32,39)/t13?,14?,16-,18?/m0/s1. The van der Waals surface area contributed by atoms with Gasteiger partial charge in [-0.1, -0.05) is 33.8 Å². The molecule has 0 aromatic heterocycles. The lowest BCUT2D eigenvalue weighted by Gasteiger charge is -2.36. The van der Waals surface area contributed by atoms with Crippen LogP contribution in [0.3, 0.4) is 0 Å². The van der Waals surface area contributed by atoms with Crippen LogP contribution in [0.1, 0.15) is 47.0 Å². The zero-order valence-corrected chi connectivity index (χ0v) is 22.4. The summed E-state index contributed by atoms with van der Waals surface area (Å²) < 4.78 is 38.7. The highest BCUT2D eigenvalue weighted by atomic mass is 19.4. The number of amides is 6. The molecule has 0 aromatic rings. The Morgan fingerprint density at radius 3 is 2.21 bits per heavy atom. The van der Waals surface area contributed by atoms with E-state index in [4.69, 9.17) is 5.73 Å². The predicted octanol–water partition coefficient (Wildman–Crippen LogP) is 0.121. The van der Waals surface area contributed by atoms with E-state index in [9.17, 15) is 41.9 Å². The van der Waals surface area contributed by atoms with E-state index in [0.717, 1.165) is 0 Å². The molecule has 0 spiro atoms. The van der Waals surface area contributed by atoms with Gasteiger partial charge in [-0.2, -0.15) is 13.2 Å². The summed E-state index contributed by atoms with van der Waals surface area (Å²) in [5, 5.41) is 9.10. The highest BCUT2D eigenvalue weighted by Gasteiger charge is 2.46. The number of carbonyl (C=O) groups excluding carboxylic acids is 6. The maximum absolute atomic E-state index is 13.6. The highest BCUT2D eigenvalue weighted by Crippen LogP contribution is 2.29. The number of likely N-dealkylation sites (tertiary alicyclic amines) is 1. The molecule has 1 fully saturated rings. The van der Waals surface area contributed by atoms with Gasteiger partial charge in [-0.3, -0.25) is 24.0 Å². The third kappa shape index (κ3) is 10.6. The van der Waals surface area contributed by atoms with E-state index in [1.807, 2.05) is 0 Å². The largest absolute Gasteiger partial charge is 0.389 e. The Bertz CT molecular complexity index is 965. The molecular weight excluding hydrogens is 525 g/mol. The van der Waals surface area contributed by atoms with Crippen LogP contribution in [0.25, 0.3) is 0 Å². The minimum absolute atomic E-state index is 0.0935. The van der Waals surface area contributed by atoms with Crippen LogP contribution in [0.5, 0.6) is 0 Å². The first-order chi connectivity index (χ1) is 17.9. The number of rotatable bonds is 12. The van der Waals surface area contributed by atoms with Crippen molar-refractivity contribution in [3.05, 3.63) is 12.7 Å². The molecule has 0 bridgehead atoms. The molecule has 1 aliphatic rings. The molecule has 0 aromatic carbocycles. The molecule has 0 radical (unpaired) electrons. The lowest BCUT2D eigenvalue weighted by molar-refractivity contribution is -0.147. The molecule has 220 valence electrons. The third-order valence-electron chi connectivity index (χ3n) is 6.04. The first-order valence-electron chi connectivity index (χ1n) is 12.3. The zero-order chi connectivity index (χ0) is 30.1. The van der Waals surface area contributed by atoms with Crippen molar-refractivity contribution in [2.45, 2.75) is 71.3 Å². The van der Waals surface area contributed by atoms with E-state index in [1.54, 1.807) is 27.7 Å². The fraction of sp³-hybridized carbons (Fsp3) is 0.667. The number of hydrogen-bond donors (Lipinski definition) is 5. The summed E-state index contributed by atoms with van der Waals surface area (Å²) in [6.45, 7) is 9.51. The number of nitrogens with one attached hydrogen (secondary N) is 4. The van der Waals surface area contributed by atoms with Gasteiger partial charge in [-0.05, 0) is 24.2 Å². The third-order valence-corrected chi connectivity index (χ3v) is 6.04. The van der Waals surface area contributed by atoms with Crippen LogP contribution in [-0.4, -0.2) is 84.3 Å². The summed E-state index contributed by atoms with van der Waals surface area (Å²) in [6, 6.07) is -4.99. The van der Waals surface area contributed by atoms with Crippen molar-refractivity contribution in [3.63, 3.8) is 0 Å². The number of carbonyl (C=O) groups is 6. The fourth-order valence-electron chi connectivity index (χ4n) is 4.00.